The Kier molecular flexibility index (Phi) is 8.25. The number of nitrogens with two attached hydrogens (primary N) is 1. The zero-order valence-electron chi connectivity index (χ0n) is 17.5. The number of carbonyl (C=O) groups excluding carboxylic acids is 1. The van der Waals surface area contributed by atoms with Crippen LogP contribution in [0.2, 0.25) is 0 Å². The van der Waals surface area contributed by atoms with Gasteiger partial charge in [0.1, 0.15) is 13.0 Å². The van der Waals surface area contributed by atoms with Gasteiger partial charge in [-0.25, -0.2) is 4.98 Å². The van der Waals surface area contributed by atoms with Crippen LogP contribution in [0.1, 0.15) is 24.5 Å². The summed E-state index contributed by atoms with van der Waals surface area (Å²) in [5.41, 5.74) is 8.03. The third-order valence-electron chi connectivity index (χ3n) is 4.43. The molecule has 3 rings (SSSR count). The van der Waals surface area contributed by atoms with E-state index in [1.165, 1.54) is 11.9 Å². The first kappa shape index (κ1) is 23.0. The summed E-state index contributed by atoms with van der Waals surface area (Å²) >= 11 is 0. The van der Waals surface area contributed by atoms with Gasteiger partial charge in [0.2, 0.25) is 5.95 Å². The predicted molar refractivity (Wildman–Crippen MR) is 118 cm³/mol. The van der Waals surface area contributed by atoms with Crippen LogP contribution in [0, 0.1) is 6.92 Å². The van der Waals surface area contributed by atoms with Crippen molar-refractivity contribution in [2.45, 2.75) is 33.4 Å². The standard InChI is InChI=1S/C20H26N5O5P/c1-3-16(26)11-30-31(29-10-15-6-4-14(2)5-7-15)13-28-9-8-25-12-22-17-18(25)23-20(21)24-19(17)27/h4-7,12H,3,8-11,13H2,1-2H3,(H3,21,23,24,27). The van der Waals surface area contributed by atoms with Crippen LogP contribution in [0.3, 0.4) is 0 Å². The summed E-state index contributed by atoms with van der Waals surface area (Å²) in [6.07, 6.45) is 2.13. The Morgan fingerprint density at radius 3 is 2.77 bits per heavy atom. The molecule has 0 aliphatic rings. The molecule has 3 aromatic rings. The lowest BCUT2D eigenvalue weighted by Gasteiger charge is -2.17. The van der Waals surface area contributed by atoms with E-state index in [0.717, 1.165) is 5.56 Å². The first-order valence-corrected chi connectivity index (χ1v) is 11.2. The lowest BCUT2D eigenvalue weighted by molar-refractivity contribution is -0.120. The van der Waals surface area contributed by atoms with Crippen LogP contribution in [0.25, 0.3) is 11.2 Å². The van der Waals surface area contributed by atoms with E-state index in [4.69, 9.17) is 19.5 Å². The molecule has 0 fully saturated rings. The van der Waals surface area contributed by atoms with E-state index in [0.29, 0.717) is 31.8 Å². The van der Waals surface area contributed by atoms with Crippen LogP contribution in [-0.4, -0.2) is 44.9 Å². The number of nitrogen functional groups attached to an aromatic ring is 1. The van der Waals surface area contributed by atoms with Gasteiger partial charge in [-0.15, -0.1) is 0 Å². The number of imidazole rings is 1. The molecule has 3 N–H and O–H groups in total. The Morgan fingerprint density at radius 1 is 1.26 bits per heavy atom. The van der Waals surface area contributed by atoms with Crippen molar-refractivity contribution in [3.63, 3.8) is 0 Å². The van der Waals surface area contributed by atoms with Crippen LogP contribution in [0.4, 0.5) is 5.95 Å². The Bertz CT molecular complexity index is 1070. The molecule has 1 atom stereocenters. The van der Waals surface area contributed by atoms with Gasteiger partial charge in [0.15, 0.2) is 25.3 Å². The van der Waals surface area contributed by atoms with Crippen LogP contribution in [-0.2, 0) is 31.7 Å². The van der Waals surface area contributed by atoms with Crippen LogP contribution >= 0.6 is 8.38 Å². The van der Waals surface area contributed by atoms with Gasteiger partial charge in [0.25, 0.3) is 5.56 Å². The summed E-state index contributed by atoms with van der Waals surface area (Å²) < 4.78 is 18.9. The number of aryl methyl sites for hydroxylation is 1. The monoisotopic (exact) mass is 447 g/mol. The lowest BCUT2D eigenvalue weighted by atomic mass is 10.2. The number of nitrogens with zero attached hydrogens (tertiary/aromatic N) is 3. The molecule has 10 nitrogen and oxygen atoms in total. The highest BCUT2D eigenvalue weighted by Gasteiger charge is 2.14. The average molecular weight is 447 g/mol. The summed E-state index contributed by atoms with van der Waals surface area (Å²) in [5, 5.41) is 0. The number of ether oxygens (including phenoxy) is 1. The largest absolute Gasteiger partial charge is 0.370 e. The maximum atomic E-state index is 11.9. The van der Waals surface area contributed by atoms with Gasteiger partial charge in [-0.1, -0.05) is 36.8 Å². The predicted octanol–water partition coefficient (Wildman–Crippen LogP) is 2.51. The molecule has 0 bridgehead atoms. The van der Waals surface area contributed by atoms with E-state index in [2.05, 4.69) is 15.0 Å². The summed E-state index contributed by atoms with van der Waals surface area (Å²) in [7, 11) is -1.40. The zero-order chi connectivity index (χ0) is 22.2. The van der Waals surface area contributed by atoms with Gasteiger partial charge < -0.3 is 24.1 Å². The highest BCUT2D eigenvalue weighted by Crippen LogP contribution is 2.39. The second-order valence-electron chi connectivity index (χ2n) is 6.86. The first-order valence-electron chi connectivity index (χ1n) is 9.85. The van der Waals surface area contributed by atoms with Crippen molar-refractivity contribution in [2.24, 2.45) is 0 Å². The Morgan fingerprint density at radius 2 is 2.03 bits per heavy atom. The van der Waals surface area contributed by atoms with Gasteiger partial charge in [0.05, 0.1) is 19.5 Å². The summed E-state index contributed by atoms with van der Waals surface area (Å²) in [4.78, 5) is 34.1. The second-order valence-corrected chi connectivity index (χ2v) is 8.30. The molecule has 166 valence electrons. The normalized spacial score (nSPS) is 12.3. The summed E-state index contributed by atoms with van der Waals surface area (Å²) in [6, 6.07) is 8.01. The highest BCUT2D eigenvalue weighted by molar-refractivity contribution is 7.47. The number of H-pyrrole nitrogens is 1. The minimum atomic E-state index is -1.40. The molecular formula is C20H26N5O5P. The SMILES string of the molecule is CCC(=O)COP(COCCn1cnc2c(=O)[nH]c(N)nc21)OCc1ccc(C)cc1. The summed E-state index contributed by atoms with van der Waals surface area (Å²) in [6.45, 7) is 4.91. The molecule has 1 aromatic carbocycles. The number of carbonyl (C=O) groups is 1. The van der Waals surface area contributed by atoms with E-state index < -0.39 is 8.38 Å². The number of benzene rings is 1. The third kappa shape index (κ3) is 6.67. The molecule has 31 heavy (non-hydrogen) atoms. The van der Waals surface area contributed by atoms with Crippen molar-refractivity contribution in [3.05, 3.63) is 52.1 Å². The summed E-state index contributed by atoms with van der Waals surface area (Å²) in [5.74, 6) is 0.0346. The topological polar surface area (TPSA) is 134 Å². The molecule has 0 amide bonds. The maximum absolute atomic E-state index is 11.9. The van der Waals surface area contributed by atoms with Gasteiger partial charge in [-0.3, -0.25) is 14.6 Å². The van der Waals surface area contributed by atoms with E-state index in [9.17, 15) is 9.59 Å². The van der Waals surface area contributed by atoms with E-state index in [1.54, 1.807) is 11.5 Å². The van der Waals surface area contributed by atoms with Crippen molar-refractivity contribution >= 4 is 31.3 Å². The average Bonchev–Trinajstić information content (AvgIpc) is 3.16. The van der Waals surface area contributed by atoms with Crippen LogP contribution in [0.5, 0.6) is 0 Å². The smallest absolute Gasteiger partial charge is 0.280 e. The number of Topliss-reactive ketones (excluding diaryl/α,β-unsaturated/α-hetero) is 1. The van der Waals surface area contributed by atoms with Gasteiger partial charge >= 0.3 is 0 Å². The molecule has 0 saturated carbocycles. The van der Waals surface area contributed by atoms with Gasteiger partial charge in [-0.05, 0) is 12.5 Å². The number of ketones is 1. The van der Waals surface area contributed by atoms with Gasteiger partial charge in [0, 0.05) is 13.0 Å². The molecule has 0 radical (unpaired) electrons. The zero-order valence-corrected chi connectivity index (χ0v) is 18.4. The molecular weight excluding hydrogens is 421 g/mol. The molecule has 1 unspecified atom stereocenters. The highest BCUT2D eigenvalue weighted by atomic mass is 31.2. The number of anilines is 1. The van der Waals surface area contributed by atoms with E-state index >= 15 is 0 Å². The van der Waals surface area contributed by atoms with E-state index in [1.807, 2.05) is 31.2 Å². The van der Waals surface area contributed by atoms with E-state index in [-0.39, 0.29) is 35.8 Å². The molecule has 0 spiro atoms. The Labute approximate surface area is 180 Å². The minimum Gasteiger partial charge on any atom is -0.370 e. The van der Waals surface area contributed by atoms with Crippen molar-refractivity contribution in [3.8, 4) is 0 Å². The number of hydrogen-bond acceptors (Lipinski definition) is 8. The molecule has 2 heterocycles. The fourth-order valence-electron chi connectivity index (χ4n) is 2.63. The fraction of sp³-hybridized carbons (Fsp3) is 0.400. The van der Waals surface area contributed by atoms with Crippen LogP contribution < -0.4 is 11.3 Å². The number of aromatic amines is 1. The first-order chi connectivity index (χ1) is 15.0. The quantitative estimate of drug-likeness (QED) is 0.319. The minimum absolute atomic E-state index is 0.00239. The second kappa shape index (κ2) is 11.1. The maximum Gasteiger partial charge on any atom is 0.280 e. The fourth-order valence-corrected chi connectivity index (χ4v) is 3.71. The van der Waals surface area contributed by atoms with Crippen molar-refractivity contribution in [2.75, 3.05) is 25.3 Å². The number of aromatic nitrogens is 4. The van der Waals surface area contributed by atoms with Crippen LogP contribution in [0.15, 0.2) is 35.4 Å². The number of rotatable bonds is 12. The van der Waals surface area contributed by atoms with Crippen molar-refractivity contribution in [1.29, 1.82) is 0 Å². The molecule has 2 aromatic heterocycles. The Balaban J connectivity index is 1.53. The number of fused-ring (bicyclic) bond motifs is 1. The third-order valence-corrected chi connectivity index (χ3v) is 5.65. The molecule has 0 aliphatic heterocycles. The number of hydrogen-bond donors (Lipinski definition) is 2. The van der Waals surface area contributed by atoms with Crippen molar-refractivity contribution < 1.29 is 18.6 Å². The molecule has 0 aliphatic carbocycles. The Hall–Kier alpha value is -2.65. The van der Waals surface area contributed by atoms with Crippen molar-refractivity contribution in [1.82, 2.24) is 19.5 Å². The lowest BCUT2D eigenvalue weighted by Crippen LogP contribution is -2.13. The molecule has 11 heteroatoms. The van der Waals surface area contributed by atoms with Gasteiger partial charge in [-0.2, -0.15) is 4.98 Å². The number of nitrogens with one attached hydrogen (secondary N) is 1. The molecule has 0 saturated heterocycles.